The van der Waals surface area contributed by atoms with Crippen LogP contribution in [-0.4, -0.2) is 32.2 Å². The predicted octanol–water partition coefficient (Wildman–Crippen LogP) is -0.142. The number of hydrogen-bond acceptors (Lipinski definition) is 3. The normalized spacial score (nSPS) is 25.4. The van der Waals surface area contributed by atoms with E-state index in [-0.39, 0.29) is 0 Å². The molecule has 1 aliphatic rings. The average molecular weight is 141 g/mol. The minimum atomic E-state index is 0.324. The van der Waals surface area contributed by atoms with E-state index in [4.69, 9.17) is 5.53 Å². The topological polar surface area (TPSA) is 72.8 Å². The smallest absolute Gasteiger partial charge is 0.0424 e. The summed E-state index contributed by atoms with van der Waals surface area (Å²) in [7, 11) is 0. The van der Waals surface area contributed by atoms with Gasteiger partial charge in [-0.05, 0) is 5.53 Å². The maximum Gasteiger partial charge on any atom is 0.0424 e. The van der Waals surface area contributed by atoms with Crippen LogP contribution in [0.3, 0.4) is 0 Å². The molecule has 10 heavy (non-hydrogen) atoms. The Balaban J connectivity index is 2.19. The van der Waals surface area contributed by atoms with Crippen molar-refractivity contribution in [2.75, 3.05) is 26.2 Å². The van der Waals surface area contributed by atoms with Crippen molar-refractivity contribution in [2.45, 2.75) is 6.04 Å². The van der Waals surface area contributed by atoms with Gasteiger partial charge in [0.05, 0.1) is 0 Å². The molecule has 0 bridgehead atoms. The van der Waals surface area contributed by atoms with E-state index >= 15 is 0 Å². The van der Waals surface area contributed by atoms with Crippen LogP contribution in [0, 0.1) is 0 Å². The Hall–Kier alpha value is -0.770. The molecule has 1 atom stereocenters. The highest BCUT2D eigenvalue weighted by atomic mass is 15.2. The van der Waals surface area contributed by atoms with Crippen LogP contribution in [0.15, 0.2) is 5.11 Å². The first kappa shape index (κ1) is 7.34. The number of rotatable bonds is 2. The van der Waals surface area contributed by atoms with Crippen LogP contribution in [-0.2, 0) is 0 Å². The molecular formula is C5H11N5. The van der Waals surface area contributed by atoms with Gasteiger partial charge in [0.15, 0.2) is 0 Å². The van der Waals surface area contributed by atoms with Crippen molar-refractivity contribution in [2.24, 2.45) is 5.11 Å². The molecule has 56 valence electrons. The van der Waals surface area contributed by atoms with Gasteiger partial charge in [0.2, 0.25) is 0 Å². The Labute approximate surface area is 59.4 Å². The largest absolute Gasteiger partial charge is 0.314 e. The molecule has 1 saturated heterocycles. The molecule has 0 aliphatic carbocycles. The summed E-state index contributed by atoms with van der Waals surface area (Å²) >= 11 is 0. The molecule has 5 heteroatoms. The highest BCUT2D eigenvalue weighted by Gasteiger charge is 2.09. The fourth-order valence-electron chi connectivity index (χ4n) is 0.977. The highest BCUT2D eigenvalue weighted by molar-refractivity contribution is 4.76. The Morgan fingerprint density at radius 3 is 3.10 bits per heavy atom. The third-order valence-electron chi connectivity index (χ3n) is 1.49. The van der Waals surface area contributed by atoms with Gasteiger partial charge in [-0.3, -0.25) is 0 Å². The van der Waals surface area contributed by atoms with Crippen LogP contribution in [0.25, 0.3) is 10.4 Å². The summed E-state index contributed by atoms with van der Waals surface area (Å²) < 4.78 is 0. The van der Waals surface area contributed by atoms with Gasteiger partial charge in [0.1, 0.15) is 0 Å². The van der Waals surface area contributed by atoms with Crippen molar-refractivity contribution in [1.82, 2.24) is 10.6 Å². The molecule has 0 saturated carbocycles. The summed E-state index contributed by atoms with van der Waals surface area (Å²) in [6.07, 6.45) is 0. The molecule has 1 unspecified atom stereocenters. The minimum Gasteiger partial charge on any atom is -0.314 e. The molecule has 0 amide bonds. The van der Waals surface area contributed by atoms with Gasteiger partial charge < -0.3 is 10.6 Å². The van der Waals surface area contributed by atoms with E-state index in [1.54, 1.807) is 0 Å². The third-order valence-corrected chi connectivity index (χ3v) is 1.49. The van der Waals surface area contributed by atoms with E-state index in [1.165, 1.54) is 0 Å². The molecule has 1 aliphatic heterocycles. The van der Waals surface area contributed by atoms with Gasteiger partial charge >= 0.3 is 0 Å². The number of nitrogens with one attached hydrogen (secondary N) is 2. The molecule has 0 aromatic heterocycles. The van der Waals surface area contributed by atoms with E-state index in [9.17, 15) is 0 Å². The quantitative estimate of drug-likeness (QED) is 0.319. The summed E-state index contributed by atoms with van der Waals surface area (Å²) in [6.45, 7) is 3.42. The number of piperazine rings is 1. The lowest BCUT2D eigenvalue weighted by molar-refractivity contribution is 0.424. The number of nitrogens with zero attached hydrogens (tertiary/aromatic N) is 3. The summed E-state index contributed by atoms with van der Waals surface area (Å²) in [5.41, 5.74) is 8.01. The second-order valence-corrected chi connectivity index (χ2v) is 2.27. The Kier molecular flexibility index (Phi) is 3.02. The summed E-state index contributed by atoms with van der Waals surface area (Å²) in [5, 5.41) is 9.90. The molecule has 1 fully saturated rings. The summed E-state index contributed by atoms with van der Waals surface area (Å²) in [5.74, 6) is 0. The molecule has 0 radical (unpaired) electrons. The van der Waals surface area contributed by atoms with Crippen molar-refractivity contribution in [3.05, 3.63) is 10.4 Å². The monoisotopic (exact) mass is 141 g/mol. The first-order valence-corrected chi connectivity index (χ1v) is 3.38. The Morgan fingerprint density at radius 2 is 2.50 bits per heavy atom. The molecule has 1 rings (SSSR count). The summed E-state index contributed by atoms with van der Waals surface area (Å²) in [4.78, 5) is 2.69. The molecule has 1 heterocycles. The summed E-state index contributed by atoms with van der Waals surface area (Å²) in [6, 6.07) is 0.324. The van der Waals surface area contributed by atoms with Crippen molar-refractivity contribution < 1.29 is 0 Å². The second kappa shape index (κ2) is 4.11. The second-order valence-electron chi connectivity index (χ2n) is 2.27. The van der Waals surface area contributed by atoms with E-state index < -0.39 is 0 Å². The first-order chi connectivity index (χ1) is 4.93. The molecule has 5 nitrogen and oxygen atoms in total. The van der Waals surface area contributed by atoms with Gasteiger partial charge in [0.25, 0.3) is 0 Å². The van der Waals surface area contributed by atoms with Crippen molar-refractivity contribution in [1.29, 1.82) is 0 Å². The lowest BCUT2D eigenvalue weighted by Gasteiger charge is -2.22. The van der Waals surface area contributed by atoms with Gasteiger partial charge in [-0.2, -0.15) is 0 Å². The molecule has 0 spiro atoms. The van der Waals surface area contributed by atoms with Gasteiger partial charge in [-0.15, -0.1) is 0 Å². The van der Waals surface area contributed by atoms with Gasteiger partial charge in [-0.25, -0.2) is 0 Å². The van der Waals surface area contributed by atoms with E-state index in [0.717, 1.165) is 19.6 Å². The SMILES string of the molecule is [N-]=[N+]=NCC1CNCCN1. The van der Waals surface area contributed by atoms with Crippen LogP contribution >= 0.6 is 0 Å². The van der Waals surface area contributed by atoms with Gasteiger partial charge in [0, 0.05) is 37.1 Å². The molecule has 0 aromatic rings. The van der Waals surface area contributed by atoms with Crippen molar-refractivity contribution in [3.63, 3.8) is 0 Å². The number of hydrogen-bond donors (Lipinski definition) is 2. The average Bonchev–Trinajstić information content (AvgIpc) is 2.03. The Morgan fingerprint density at radius 1 is 1.60 bits per heavy atom. The van der Waals surface area contributed by atoms with E-state index in [2.05, 4.69) is 20.7 Å². The van der Waals surface area contributed by atoms with Crippen molar-refractivity contribution >= 4 is 0 Å². The molecule has 2 N–H and O–H groups in total. The van der Waals surface area contributed by atoms with Crippen LogP contribution in [0.5, 0.6) is 0 Å². The van der Waals surface area contributed by atoms with Crippen molar-refractivity contribution in [3.8, 4) is 0 Å². The standard InChI is InChI=1S/C5H11N5/c6-10-9-4-5-3-7-1-2-8-5/h5,7-8H,1-4H2. The maximum absolute atomic E-state index is 8.01. The Bertz CT molecular complexity index is 133. The molecule has 0 aromatic carbocycles. The lowest BCUT2D eigenvalue weighted by atomic mass is 10.2. The zero-order valence-corrected chi connectivity index (χ0v) is 5.75. The highest BCUT2D eigenvalue weighted by Crippen LogP contribution is 1.87. The zero-order chi connectivity index (χ0) is 7.23. The maximum atomic E-state index is 8.01. The van der Waals surface area contributed by atoms with Crippen LogP contribution in [0.4, 0.5) is 0 Å². The van der Waals surface area contributed by atoms with Crippen LogP contribution < -0.4 is 10.6 Å². The first-order valence-electron chi connectivity index (χ1n) is 3.38. The number of azide groups is 1. The van der Waals surface area contributed by atoms with Gasteiger partial charge in [-0.1, -0.05) is 5.11 Å². The zero-order valence-electron chi connectivity index (χ0n) is 5.75. The predicted molar refractivity (Wildman–Crippen MR) is 38.7 cm³/mol. The lowest BCUT2D eigenvalue weighted by Crippen LogP contribution is -2.49. The molecular weight excluding hydrogens is 130 g/mol. The van der Waals surface area contributed by atoms with Crippen LogP contribution in [0.1, 0.15) is 0 Å². The minimum absolute atomic E-state index is 0.324. The third kappa shape index (κ3) is 2.23. The fraction of sp³-hybridized carbons (Fsp3) is 1.00. The van der Waals surface area contributed by atoms with Crippen LogP contribution in [0.2, 0.25) is 0 Å². The van der Waals surface area contributed by atoms with E-state index in [1.807, 2.05) is 0 Å². The fourth-order valence-corrected chi connectivity index (χ4v) is 0.977. The van der Waals surface area contributed by atoms with E-state index in [0.29, 0.717) is 12.6 Å².